The van der Waals surface area contributed by atoms with Crippen molar-refractivity contribution < 1.29 is 14.6 Å². The number of fused-ring (bicyclic) bond motifs is 1. The van der Waals surface area contributed by atoms with Crippen LogP contribution >= 0.6 is 0 Å². The molecule has 1 amide bonds. The van der Waals surface area contributed by atoms with Gasteiger partial charge in [0.25, 0.3) is 5.56 Å². The third-order valence-electron chi connectivity index (χ3n) is 5.34. The smallest absolute Gasteiger partial charge is 0.273 e. The summed E-state index contributed by atoms with van der Waals surface area (Å²) < 4.78 is 7.21. The third kappa shape index (κ3) is 4.06. The van der Waals surface area contributed by atoms with E-state index in [1.165, 1.54) is 0 Å². The number of aromatic nitrogens is 3. The first kappa shape index (κ1) is 19.6. The molecule has 1 unspecified atom stereocenters. The van der Waals surface area contributed by atoms with E-state index in [0.717, 1.165) is 36.2 Å². The molecule has 0 aliphatic carbocycles. The van der Waals surface area contributed by atoms with Crippen LogP contribution in [0.15, 0.2) is 4.79 Å². The zero-order chi connectivity index (χ0) is 19.6. The molecule has 1 atom stereocenters. The molecule has 3 rings (SSSR count). The Hall–Kier alpha value is -2.19. The summed E-state index contributed by atoms with van der Waals surface area (Å²) in [4.78, 5) is 31.2. The summed E-state index contributed by atoms with van der Waals surface area (Å²) in [5, 5.41) is 12.2. The van der Waals surface area contributed by atoms with Gasteiger partial charge in [-0.1, -0.05) is 0 Å². The SMILES string of the molecule is Cc1nc2c(c(C)c1CCC(=O)N1CCCC(OCCO)C1)c(=O)[nH]n2C. The van der Waals surface area contributed by atoms with E-state index in [4.69, 9.17) is 9.84 Å². The van der Waals surface area contributed by atoms with Crippen molar-refractivity contribution in [3.63, 3.8) is 0 Å². The molecule has 1 fully saturated rings. The number of ether oxygens (including phenoxy) is 1. The first-order valence-corrected chi connectivity index (χ1v) is 9.47. The lowest BCUT2D eigenvalue weighted by atomic mass is 9.99. The average Bonchev–Trinajstić information content (AvgIpc) is 2.93. The van der Waals surface area contributed by atoms with Crippen LogP contribution in [0.25, 0.3) is 11.0 Å². The molecular weight excluding hydrogens is 348 g/mol. The molecule has 0 aromatic carbocycles. The summed E-state index contributed by atoms with van der Waals surface area (Å²) in [6.07, 6.45) is 2.77. The van der Waals surface area contributed by atoms with E-state index in [0.29, 0.717) is 37.0 Å². The fourth-order valence-electron chi connectivity index (χ4n) is 3.93. The quantitative estimate of drug-likeness (QED) is 0.777. The van der Waals surface area contributed by atoms with Gasteiger partial charge in [-0.25, -0.2) is 4.98 Å². The molecule has 1 saturated heterocycles. The van der Waals surface area contributed by atoms with E-state index >= 15 is 0 Å². The van der Waals surface area contributed by atoms with Crippen LogP contribution in [0.5, 0.6) is 0 Å². The molecule has 8 nitrogen and oxygen atoms in total. The van der Waals surface area contributed by atoms with Gasteiger partial charge in [-0.2, -0.15) is 0 Å². The van der Waals surface area contributed by atoms with Crippen LogP contribution in [0, 0.1) is 13.8 Å². The van der Waals surface area contributed by atoms with Gasteiger partial charge in [0.15, 0.2) is 5.65 Å². The van der Waals surface area contributed by atoms with Gasteiger partial charge >= 0.3 is 0 Å². The molecule has 2 aromatic rings. The zero-order valence-electron chi connectivity index (χ0n) is 16.2. The van der Waals surface area contributed by atoms with Gasteiger partial charge in [0, 0.05) is 32.3 Å². The van der Waals surface area contributed by atoms with Crippen molar-refractivity contribution in [2.75, 3.05) is 26.3 Å². The van der Waals surface area contributed by atoms with Crippen LogP contribution < -0.4 is 5.56 Å². The fourth-order valence-corrected chi connectivity index (χ4v) is 3.93. The topological polar surface area (TPSA) is 100 Å². The predicted octanol–water partition coefficient (Wildman–Crippen LogP) is 0.811. The molecule has 1 aliphatic heterocycles. The van der Waals surface area contributed by atoms with E-state index in [2.05, 4.69) is 10.1 Å². The summed E-state index contributed by atoms with van der Waals surface area (Å²) in [6.45, 7) is 5.46. The molecule has 2 aromatic heterocycles. The number of likely N-dealkylation sites (tertiary alicyclic amines) is 1. The fraction of sp³-hybridized carbons (Fsp3) is 0.632. The maximum absolute atomic E-state index is 12.7. The van der Waals surface area contributed by atoms with Crippen molar-refractivity contribution in [2.24, 2.45) is 7.05 Å². The van der Waals surface area contributed by atoms with Gasteiger partial charge < -0.3 is 14.7 Å². The Bertz CT molecular complexity index is 886. The zero-order valence-corrected chi connectivity index (χ0v) is 16.2. The van der Waals surface area contributed by atoms with Gasteiger partial charge in [0.2, 0.25) is 5.91 Å². The highest BCUT2D eigenvalue weighted by molar-refractivity contribution is 5.81. The Kier molecular flexibility index (Phi) is 5.96. The average molecular weight is 376 g/mol. The van der Waals surface area contributed by atoms with Crippen LogP contribution in [0.3, 0.4) is 0 Å². The summed E-state index contributed by atoms with van der Waals surface area (Å²) in [5.41, 5.74) is 3.22. The number of aliphatic hydroxyl groups is 1. The van der Waals surface area contributed by atoms with E-state index in [-0.39, 0.29) is 24.2 Å². The van der Waals surface area contributed by atoms with Crippen molar-refractivity contribution in [1.82, 2.24) is 19.7 Å². The van der Waals surface area contributed by atoms with Crippen LogP contribution in [0.2, 0.25) is 0 Å². The van der Waals surface area contributed by atoms with Crippen LogP contribution in [0.1, 0.15) is 36.1 Å². The van der Waals surface area contributed by atoms with Crippen LogP contribution in [-0.4, -0.2) is 63.1 Å². The molecule has 1 aliphatic rings. The van der Waals surface area contributed by atoms with E-state index in [9.17, 15) is 9.59 Å². The molecule has 2 N–H and O–H groups in total. The van der Waals surface area contributed by atoms with E-state index in [1.807, 2.05) is 18.7 Å². The number of carbonyl (C=O) groups excluding carboxylic acids is 1. The predicted molar refractivity (Wildman–Crippen MR) is 102 cm³/mol. The van der Waals surface area contributed by atoms with Gasteiger partial charge in [-0.05, 0) is 44.2 Å². The first-order chi connectivity index (χ1) is 12.9. The molecule has 8 heteroatoms. The van der Waals surface area contributed by atoms with Crippen LogP contribution in [0.4, 0.5) is 0 Å². The summed E-state index contributed by atoms with van der Waals surface area (Å²) in [5.74, 6) is 0.0909. The number of pyridine rings is 1. The lowest BCUT2D eigenvalue weighted by molar-refractivity contribution is -0.135. The number of hydrogen-bond acceptors (Lipinski definition) is 5. The normalized spacial score (nSPS) is 17.6. The Balaban J connectivity index is 1.70. The van der Waals surface area contributed by atoms with Gasteiger partial charge in [0.1, 0.15) is 0 Å². The van der Waals surface area contributed by atoms with E-state index < -0.39 is 0 Å². The molecule has 0 bridgehead atoms. The number of aliphatic hydroxyl groups excluding tert-OH is 1. The number of amides is 1. The lowest BCUT2D eigenvalue weighted by Crippen LogP contribution is -2.43. The number of nitrogens with one attached hydrogen (secondary N) is 1. The third-order valence-corrected chi connectivity index (χ3v) is 5.34. The summed E-state index contributed by atoms with van der Waals surface area (Å²) in [6, 6.07) is 0. The molecular formula is C19H28N4O4. The number of carbonyl (C=O) groups is 1. The van der Waals surface area contributed by atoms with Gasteiger partial charge in [-0.15, -0.1) is 0 Å². The maximum Gasteiger partial charge on any atom is 0.273 e. The minimum Gasteiger partial charge on any atom is -0.394 e. The molecule has 27 heavy (non-hydrogen) atoms. The van der Waals surface area contributed by atoms with Crippen molar-refractivity contribution in [2.45, 2.75) is 45.6 Å². The maximum atomic E-state index is 12.7. The molecule has 0 radical (unpaired) electrons. The second kappa shape index (κ2) is 8.22. The summed E-state index contributed by atoms with van der Waals surface area (Å²) in [7, 11) is 1.77. The molecule has 3 heterocycles. The number of rotatable bonds is 6. The Morgan fingerprint density at radius 1 is 1.41 bits per heavy atom. The molecule has 0 spiro atoms. The minimum atomic E-state index is -0.148. The highest BCUT2D eigenvalue weighted by Crippen LogP contribution is 2.22. The largest absolute Gasteiger partial charge is 0.394 e. The second-order valence-electron chi connectivity index (χ2n) is 7.20. The van der Waals surface area contributed by atoms with Gasteiger partial charge in [0.05, 0.1) is 24.7 Å². The highest BCUT2D eigenvalue weighted by Gasteiger charge is 2.24. The monoisotopic (exact) mass is 376 g/mol. The van der Waals surface area contributed by atoms with E-state index in [1.54, 1.807) is 11.7 Å². The van der Waals surface area contributed by atoms with Crippen molar-refractivity contribution in [3.8, 4) is 0 Å². The van der Waals surface area contributed by atoms with Crippen molar-refractivity contribution in [3.05, 3.63) is 27.2 Å². The van der Waals surface area contributed by atoms with Crippen LogP contribution in [-0.2, 0) is 23.0 Å². The summed E-state index contributed by atoms with van der Waals surface area (Å²) >= 11 is 0. The van der Waals surface area contributed by atoms with Gasteiger partial charge in [-0.3, -0.25) is 19.4 Å². The molecule has 148 valence electrons. The standard InChI is InChI=1S/C19H28N4O4/c1-12-15(13(2)20-18-17(12)19(26)21-22(18)3)6-7-16(25)23-8-4-5-14(11-23)27-10-9-24/h14,24H,4-11H2,1-3H3,(H,21,26). The number of hydrogen-bond donors (Lipinski definition) is 2. The van der Waals surface area contributed by atoms with Crippen molar-refractivity contribution >= 4 is 16.9 Å². The Labute approximate surface area is 158 Å². The number of H-pyrrole nitrogens is 1. The second-order valence-corrected chi connectivity index (χ2v) is 7.20. The first-order valence-electron chi connectivity index (χ1n) is 9.47. The minimum absolute atomic E-state index is 0.000725. The van der Waals surface area contributed by atoms with Crippen molar-refractivity contribution in [1.29, 1.82) is 0 Å². The highest BCUT2D eigenvalue weighted by atomic mass is 16.5. The number of piperidine rings is 1. The number of aromatic amines is 1. The lowest BCUT2D eigenvalue weighted by Gasteiger charge is -2.32. The number of aryl methyl sites for hydroxylation is 3. The molecule has 0 saturated carbocycles. The Morgan fingerprint density at radius 2 is 2.19 bits per heavy atom. The Morgan fingerprint density at radius 3 is 2.93 bits per heavy atom. The number of nitrogens with zero attached hydrogens (tertiary/aromatic N) is 3.